The number of hydrogen-bond donors (Lipinski definition) is 3. The molecule has 0 fully saturated rings. The fourth-order valence-corrected chi connectivity index (χ4v) is 4.11. The van der Waals surface area contributed by atoms with Crippen LogP contribution in [0.2, 0.25) is 0 Å². The molecule has 176 valence electrons. The topological polar surface area (TPSA) is 153 Å². The zero-order chi connectivity index (χ0) is 24.6. The number of nitrogens with zero attached hydrogens (tertiary/aromatic N) is 7. The molecular formula is C25H20N10O. The highest BCUT2D eigenvalue weighted by molar-refractivity contribution is 5.98. The molecule has 5 heterocycles. The van der Waals surface area contributed by atoms with Crippen molar-refractivity contribution in [3.63, 3.8) is 0 Å². The Morgan fingerprint density at radius 1 is 0.972 bits per heavy atom. The highest BCUT2D eigenvalue weighted by Gasteiger charge is 2.20. The maximum absolute atomic E-state index is 11.8. The van der Waals surface area contributed by atoms with Crippen molar-refractivity contribution in [2.45, 2.75) is 13.3 Å². The maximum Gasteiger partial charge on any atom is 0.224 e. The van der Waals surface area contributed by atoms with Crippen molar-refractivity contribution < 1.29 is 4.79 Å². The van der Waals surface area contributed by atoms with Gasteiger partial charge in [-0.3, -0.25) is 19.9 Å². The van der Waals surface area contributed by atoms with Crippen molar-refractivity contribution in [1.82, 2.24) is 39.8 Å². The molecule has 0 aliphatic heterocycles. The molecule has 11 nitrogen and oxygen atoms in total. The Labute approximate surface area is 204 Å². The summed E-state index contributed by atoms with van der Waals surface area (Å²) in [6.45, 7) is 1.80. The van der Waals surface area contributed by atoms with Gasteiger partial charge in [0.1, 0.15) is 23.1 Å². The van der Waals surface area contributed by atoms with E-state index in [1.165, 1.54) is 11.0 Å². The van der Waals surface area contributed by atoms with Crippen LogP contribution < -0.4 is 11.2 Å². The van der Waals surface area contributed by atoms with Gasteiger partial charge in [0.05, 0.1) is 23.6 Å². The lowest BCUT2D eigenvalue weighted by Gasteiger charge is -2.07. The molecule has 1 aromatic carbocycles. The first-order chi connectivity index (χ1) is 17.6. The minimum absolute atomic E-state index is 0.0701. The second-order valence-corrected chi connectivity index (χ2v) is 8.18. The number of fused-ring (bicyclic) bond motifs is 2. The zero-order valence-corrected chi connectivity index (χ0v) is 19.2. The quantitative estimate of drug-likeness (QED) is 0.319. The summed E-state index contributed by atoms with van der Waals surface area (Å²) in [5.74, 6) is 6.89. The first-order valence-corrected chi connectivity index (χ1v) is 11.2. The molecule has 4 N–H and O–H groups in total. The molecule has 0 aliphatic carbocycles. The first-order valence-electron chi connectivity index (χ1n) is 11.2. The smallest absolute Gasteiger partial charge is 0.224 e. The second kappa shape index (κ2) is 8.55. The number of carbonyl (C=O) groups is 1. The van der Waals surface area contributed by atoms with Crippen LogP contribution in [0, 0.1) is 0 Å². The van der Waals surface area contributed by atoms with E-state index in [4.69, 9.17) is 10.8 Å². The van der Waals surface area contributed by atoms with E-state index in [0.29, 0.717) is 34.7 Å². The molecule has 0 unspecified atom stereocenters. The highest BCUT2D eigenvalue weighted by atomic mass is 16.1. The Bertz CT molecular complexity index is 1740. The van der Waals surface area contributed by atoms with Gasteiger partial charge in [-0.1, -0.05) is 13.0 Å². The fraction of sp³-hybridized carbons (Fsp3) is 0.0800. The van der Waals surface area contributed by atoms with E-state index in [2.05, 4.69) is 35.5 Å². The number of aromatic nitrogens is 8. The number of rotatable bonds is 5. The van der Waals surface area contributed by atoms with Crippen molar-refractivity contribution >= 4 is 33.5 Å². The Kier molecular flexibility index (Phi) is 5.07. The van der Waals surface area contributed by atoms with Crippen LogP contribution in [0.25, 0.3) is 55.7 Å². The molecule has 6 rings (SSSR count). The Morgan fingerprint density at radius 2 is 1.78 bits per heavy atom. The molecule has 5 aromatic heterocycles. The van der Waals surface area contributed by atoms with Crippen LogP contribution in [0.3, 0.4) is 0 Å². The van der Waals surface area contributed by atoms with Crippen LogP contribution in [0.5, 0.6) is 0 Å². The molecule has 0 radical (unpaired) electrons. The number of pyridine rings is 2. The second-order valence-electron chi connectivity index (χ2n) is 8.18. The number of benzene rings is 1. The Balaban J connectivity index is 1.47. The molecule has 0 aliphatic rings. The highest BCUT2D eigenvalue weighted by Crippen LogP contribution is 2.33. The molecule has 0 atom stereocenters. The first kappa shape index (κ1) is 21.4. The van der Waals surface area contributed by atoms with Crippen molar-refractivity contribution in [2.24, 2.45) is 0 Å². The zero-order valence-electron chi connectivity index (χ0n) is 19.2. The minimum Gasteiger partial charge on any atom is -0.337 e. The summed E-state index contributed by atoms with van der Waals surface area (Å²) >= 11 is 0. The van der Waals surface area contributed by atoms with Gasteiger partial charge in [-0.15, -0.1) is 0 Å². The molecule has 36 heavy (non-hydrogen) atoms. The summed E-state index contributed by atoms with van der Waals surface area (Å²) < 4.78 is 1.49. The number of H-pyrrole nitrogens is 1. The normalized spacial score (nSPS) is 11.2. The lowest BCUT2D eigenvalue weighted by molar-refractivity contribution is -0.115. The van der Waals surface area contributed by atoms with E-state index in [1.54, 1.807) is 44.1 Å². The maximum atomic E-state index is 11.8. The summed E-state index contributed by atoms with van der Waals surface area (Å²) in [5, 5.41) is 11.3. The van der Waals surface area contributed by atoms with Crippen molar-refractivity contribution in [2.75, 3.05) is 11.2 Å². The lowest BCUT2D eigenvalue weighted by atomic mass is 10.0. The van der Waals surface area contributed by atoms with Gasteiger partial charge in [0.2, 0.25) is 5.91 Å². The largest absolute Gasteiger partial charge is 0.337 e. The van der Waals surface area contributed by atoms with Gasteiger partial charge in [0.15, 0.2) is 5.82 Å². The number of aromatic amines is 1. The van der Waals surface area contributed by atoms with Crippen LogP contribution in [0.1, 0.15) is 13.3 Å². The molecule has 0 saturated heterocycles. The summed E-state index contributed by atoms with van der Waals surface area (Å²) in [4.78, 5) is 33.5. The third-order valence-corrected chi connectivity index (χ3v) is 5.93. The third kappa shape index (κ3) is 3.59. The number of hydrogen-bond acceptors (Lipinski definition) is 8. The third-order valence-electron chi connectivity index (χ3n) is 5.93. The minimum atomic E-state index is -0.0701. The van der Waals surface area contributed by atoms with E-state index in [9.17, 15) is 4.79 Å². The van der Waals surface area contributed by atoms with Crippen molar-refractivity contribution in [1.29, 1.82) is 0 Å². The molecular weight excluding hydrogens is 456 g/mol. The number of anilines is 1. The van der Waals surface area contributed by atoms with E-state index in [0.717, 1.165) is 33.2 Å². The van der Waals surface area contributed by atoms with Gasteiger partial charge < -0.3 is 11.2 Å². The van der Waals surface area contributed by atoms with E-state index in [1.807, 2.05) is 24.3 Å². The fourth-order valence-electron chi connectivity index (χ4n) is 4.11. The van der Waals surface area contributed by atoms with Gasteiger partial charge in [-0.2, -0.15) is 5.10 Å². The van der Waals surface area contributed by atoms with E-state index < -0.39 is 0 Å². The lowest BCUT2D eigenvalue weighted by Crippen LogP contribution is -2.10. The molecule has 11 heteroatoms. The predicted octanol–water partition coefficient (Wildman–Crippen LogP) is 3.56. The summed E-state index contributed by atoms with van der Waals surface area (Å²) in [6.07, 6.45) is 12.0. The summed E-state index contributed by atoms with van der Waals surface area (Å²) in [7, 11) is 0. The van der Waals surface area contributed by atoms with Gasteiger partial charge in [0, 0.05) is 53.3 Å². The van der Waals surface area contributed by atoms with Gasteiger partial charge >= 0.3 is 0 Å². The van der Waals surface area contributed by atoms with Crippen LogP contribution in [-0.4, -0.2) is 45.7 Å². The number of nitrogen functional groups attached to an aromatic ring is 1. The number of nitrogens with two attached hydrogens (primary N) is 1. The monoisotopic (exact) mass is 476 g/mol. The predicted molar refractivity (Wildman–Crippen MR) is 136 cm³/mol. The average Bonchev–Trinajstić information content (AvgIpc) is 3.49. The summed E-state index contributed by atoms with van der Waals surface area (Å²) in [5.41, 5.74) is 6.73. The SMILES string of the molecule is CCC(=O)Nc1cncc(-c2ccc3[nH]nc(-c4nc5c(-c6cncnc6)cncc5n4N)c3c2)c1. The molecule has 0 spiro atoms. The number of nitrogens with one attached hydrogen (secondary N) is 2. The Hall–Kier alpha value is -5.19. The Morgan fingerprint density at radius 3 is 2.61 bits per heavy atom. The van der Waals surface area contributed by atoms with E-state index >= 15 is 0 Å². The standard InChI is InChI=1S/C25H20N10O/c1-2-22(36)31-17-5-15(7-27-10-17)14-3-4-20-18(6-14)24(34-33-20)25-32-23-19(16-8-29-13-30-9-16)11-28-12-21(23)35(25)26/h3-13H,2,26H2,1H3,(H,31,36)(H,33,34). The van der Waals surface area contributed by atoms with E-state index in [-0.39, 0.29) is 5.91 Å². The van der Waals surface area contributed by atoms with Crippen molar-refractivity contribution in [3.8, 4) is 33.8 Å². The molecule has 0 saturated carbocycles. The number of carbonyl (C=O) groups excluding carboxylic acids is 1. The summed E-state index contributed by atoms with van der Waals surface area (Å²) in [6, 6.07) is 7.80. The molecule has 6 aromatic rings. The van der Waals surface area contributed by atoms with Crippen LogP contribution in [-0.2, 0) is 4.79 Å². The molecule has 1 amide bonds. The van der Waals surface area contributed by atoms with Crippen LogP contribution in [0.15, 0.2) is 67.8 Å². The van der Waals surface area contributed by atoms with Gasteiger partial charge in [0.25, 0.3) is 0 Å². The van der Waals surface area contributed by atoms with Gasteiger partial charge in [-0.25, -0.2) is 19.6 Å². The average molecular weight is 477 g/mol. The van der Waals surface area contributed by atoms with Crippen molar-refractivity contribution in [3.05, 3.63) is 67.8 Å². The van der Waals surface area contributed by atoms with Crippen LogP contribution >= 0.6 is 0 Å². The van der Waals surface area contributed by atoms with Crippen LogP contribution in [0.4, 0.5) is 5.69 Å². The van der Waals surface area contributed by atoms with Gasteiger partial charge in [-0.05, 0) is 23.8 Å². The number of amides is 1. The number of imidazole rings is 1. The molecule has 0 bridgehead atoms.